The van der Waals surface area contributed by atoms with Crippen LogP contribution in [0.1, 0.15) is 26.3 Å². The van der Waals surface area contributed by atoms with Gasteiger partial charge in [0.2, 0.25) is 5.91 Å². The predicted octanol–water partition coefficient (Wildman–Crippen LogP) is 5.83. The summed E-state index contributed by atoms with van der Waals surface area (Å²) in [5.74, 6) is -2.38. The topological polar surface area (TPSA) is 135 Å². The van der Waals surface area contributed by atoms with Gasteiger partial charge in [-0.05, 0) is 51.0 Å². The zero-order valence-corrected chi connectivity index (χ0v) is 23.8. The number of thiazole rings is 1. The number of nitrogens with one attached hydrogen (secondary N) is 2. The van der Waals surface area contributed by atoms with Crippen molar-refractivity contribution in [3.8, 4) is 21.8 Å². The van der Waals surface area contributed by atoms with Crippen LogP contribution < -0.4 is 10.0 Å². The number of hydrogen-bond donors (Lipinski definition) is 3. The van der Waals surface area contributed by atoms with E-state index < -0.39 is 33.7 Å². The monoisotopic (exact) mass is 579 g/mol. The second-order valence-corrected chi connectivity index (χ2v) is 12.0. The maximum atomic E-state index is 13.4. The number of hydrogen-bond acceptors (Lipinski definition) is 7. The van der Waals surface area contributed by atoms with Gasteiger partial charge in [-0.2, -0.15) is 8.42 Å². The Labute approximate surface area is 237 Å². The number of ether oxygens (including phenoxy) is 1. The minimum Gasteiger partial charge on any atom is -0.459 e. The first-order valence-electron chi connectivity index (χ1n) is 12.4. The van der Waals surface area contributed by atoms with E-state index in [9.17, 15) is 22.6 Å². The average molecular weight is 580 g/mol. The Morgan fingerprint density at radius 2 is 1.65 bits per heavy atom. The van der Waals surface area contributed by atoms with Gasteiger partial charge in [-0.15, -0.1) is 11.3 Å². The van der Waals surface area contributed by atoms with E-state index in [0.29, 0.717) is 22.0 Å². The number of amides is 1. The highest BCUT2D eigenvalue weighted by Crippen LogP contribution is 2.35. The van der Waals surface area contributed by atoms with Crippen molar-refractivity contribution in [2.24, 2.45) is 5.92 Å². The van der Waals surface area contributed by atoms with Crippen LogP contribution in [-0.2, 0) is 31.1 Å². The van der Waals surface area contributed by atoms with E-state index in [4.69, 9.17) is 4.74 Å². The number of nitrogens with zero attached hydrogens (tertiary/aromatic N) is 1. The number of carbonyl (C=O) groups excluding carboxylic acids is 2. The Bertz CT molecular complexity index is 1600. The molecule has 0 saturated heterocycles. The molecule has 0 radical (unpaired) electrons. The van der Waals surface area contributed by atoms with Gasteiger partial charge >= 0.3 is 16.3 Å². The van der Waals surface area contributed by atoms with Gasteiger partial charge in [0.1, 0.15) is 16.5 Å². The van der Waals surface area contributed by atoms with E-state index in [-0.39, 0.29) is 12.1 Å². The zero-order chi connectivity index (χ0) is 28.9. The van der Waals surface area contributed by atoms with Crippen LogP contribution in [0.2, 0.25) is 0 Å². The Morgan fingerprint density at radius 3 is 2.27 bits per heavy atom. The van der Waals surface area contributed by atoms with Crippen molar-refractivity contribution in [1.82, 2.24) is 4.98 Å². The minimum atomic E-state index is -4.59. The number of esters is 1. The molecule has 3 N–H and O–H groups in total. The van der Waals surface area contributed by atoms with Gasteiger partial charge in [-0.1, -0.05) is 60.7 Å². The second kappa shape index (κ2) is 12.0. The number of benzene rings is 3. The average Bonchev–Trinajstić information content (AvgIpc) is 3.37. The van der Waals surface area contributed by atoms with Gasteiger partial charge in [0.25, 0.3) is 0 Å². The van der Waals surface area contributed by atoms with Crippen molar-refractivity contribution < 1.29 is 27.3 Å². The molecule has 1 amide bonds. The van der Waals surface area contributed by atoms with Crippen LogP contribution in [-0.4, -0.2) is 35.4 Å². The number of rotatable bonds is 9. The Balaban J connectivity index is 1.67. The highest BCUT2D eigenvalue weighted by atomic mass is 32.2. The molecule has 1 atom stereocenters. The van der Waals surface area contributed by atoms with Crippen LogP contribution in [0.5, 0.6) is 0 Å². The highest BCUT2D eigenvalue weighted by Gasteiger charge is 2.32. The Kier molecular flexibility index (Phi) is 8.67. The molecule has 0 spiro atoms. The summed E-state index contributed by atoms with van der Waals surface area (Å²) in [5.41, 5.74) is 2.01. The Hall–Kier alpha value is -4.06. The smallest absolute Gasteiger partial charge is 0.357 e. The van der Waals surface area contributed by atoms with Crippen molar-refractivity contribution in [2.45, 2.75) is 32.8 Å². The first-order valence-corrected chi connectivity index (χ1v) is 14.7. The zero-order valence-electron chi connectivity index (χ0n) is 22.1. The van der Waals surface area contributed by atoms with E-state index in [1.807, 2.05) is 60.7 Å². The molecule has 1 aromatic heterocycles. The van der Waals surface area contributed by atoms with Crippen LogP contribution in [0.4, 0.5) is 11.4 Å². The van der Waals surface area contributed by atoms with Crippen molar-refractivity contribution in [2.75, 3.05) is 10.0 Å². The summed E-state index contributed by atoms with van der Waals surface area (Å²) < 4.78 is 40.3. The summed E-state index contributed by atoms with van der Waals surface area (Å²) in [4.78, 5) is 31.1. The fourth-order valence-corrected chi connectivity index (χ4v) is 5.19. The fourth-order valence-electron chi connectivity index (χ4n) is 3.91. The summed E-state index contributed by atoms with van der Waals surface area (Å²) in [6, 6.07) is 23.0. The second-order valence-electron chi connectivity index (χ2n) is 10.0. The van der Waals surface area contributed by atoms with Gasteiger partial charge in [0, 0.05) is 22.2 Å². The summed E-state index contributed by atoms with van der Waals surface area (Å²) in [6.07, 6.45) is 0.128. The van der Waals surface area contributed by atoms with Crippen LogP contribution in [0, 0.1) is 5.92 Å². The third-order valence-electron chi connectivity index (χ3n) is 5.62. The quantitative estimate of drug-likeness (QED) is 0.129. The van der Waals surface area contributed by atoms with Gasteiger partial charge in [-0.3, -0.25) is 18.9 Å². The molecular weight excluding hydrogens is 550 g/mol. The van der Waals surface area contributed by atoms with Gasteiger partial charge in [-0.25, -0.2) is 4.98 Å². The number of aromatic nitrogens is 1. The fraction of sp³-hybridized carbons (Fsp3) is 0.207. The standard InChI is InChI=1S/C29H29N3O6S2/c1-29(2,3)38-28(34)23(16-19-10-6-4-7-11-19)26(33)30-21-14-15-24(32-40(35,36)37)22(17-21)25-18-39-27(31-25)20-12-8-5-9-13-20/h4-15,17-18,23,32H,16H2,1-3H3,(H,30,33)(H,35,36,37). The first-order chi connectivity index (χ1) is 18.9. The maximum absolute atomic E-state index is 13.4. The van der Waals surface area contributed by atoms with Crippen molar-refractivity contribution in [1.29, 1.82) is 0 Å². The summed E-state index contributed by atoms with van der Waals surface area (Å²) in [7, 11) is -4.59. The van der Waals surface area contributed by atoms with Crippen LogP contribution >= 0.6 is 11.3 Å². The van der Waals surface area contributed by atoms with Crippen LogP contribution in [0.25, 0.3) is 21.8 Å². The molecular formula is C29H29N3O6S2. The normalized spacial score (nSPS) is 12.4. The van der Waals surface area contributed by atoms with Crippen LogP contribution in [0.15, 0.2) is 84.2 Å². The summed E-state index contributed by atoms with van der Waals surface area (Å²) in [5, 5.41) is 5.22. The first kappa shape index (κ1) is 28.9. The molecule has 0 bridgehead atoms. The van der Waals surface area contributed by atoms with E-state index >= 15 is 0 Å². The van der Waals surface area contributed by atoms with Crippen LogP contribution in [0.3, 0.4) is 0 Å². The largest absolute Gasteiger partial charge is 0.459 e. The van der Waals surface area contributed by atoms with E-state index in [1.54, 1.807) is 26.2 Å². The molecule has 4 rings (SSSR count). The Morgan fingerprint density at radius 1 is 1.00 bits per heavy atom. The molecule has 0 aliphatic carbocycles. The van der Waals surface area contributed by atoms with Gasteiger partial charge in [0.05, 0.1) is 11.4 Å². The summed E-state index contributed by atoms with van der Waals surface area (Å²) >= 11 is 1.36. The molecule has 9 nitrogen and oxygen atoms in total. The highest BCUT2D eigenvalue weighted by molar-refractivity contribution is 7.87. The molecule has 0 aliphatic rings. The van der Waals surface area contributed by atoms with Gasteiger partial charge < -0.3 is 10.1 Å². The number of carbonyl (C=O) groups is 2. The lowest BCUT2D eigenvalue weighted by molar-refractivity contribution is -0.161. The molecule has 0 saturated carbocycles. The summed E-state index contributed by atoms with van der Waals surface area (Å²) in [6.45, 7) is 5.19. The van der Waals surface area contributed by atoms with E-state index in [1.165, 1.54) is 29.5 Å². The predicted molar refractivity (Wildman–Crippen MR) is 156 cm³/mol. The lowest BCUT2D eigenvalue weighted by atomic mass is 9.97. The molecule has 3 aromatic carbocycles. The molecule has 1 heterocycles. The molecule has 1 unspecified atom stereocenters. The molecule has 208 valence electrons. The lowest BCUT2D eigenvalue weighted by Crippen LogP contribution is -2.37. The van der Waals surface area contributed by atoms with Crippen molar-refractivity contribution in [3.63, 3.8) is 0 Å². The molecule has 0 aliphatic heterocycles. The van der Waals surface area contributed by atoms with Crippen molar-refractivity contribution >= 4 is 44.9 Å². The van der Waals surface area contributed by atoms with E-state index in [2.05, 4.69) is 15.0 Å². The maximum Gasteiger partial charge on any atom is 0.357 e. The third-order valence-corrected chi connectivity index (χ3v) is 6.99. The molecule has 4 aromatic rings. The number of anilines is 2. The van der Waals surface area contributed by atoms with E-state index in [0.717, 1.165) is 11.1 Å². The molecule has 11 heteroatoms. The minimum absolute atomic E-state index is 0.0680. The lowest BCUT2D eigenvalue weighted by Gasteiger charge is -2.24. The molecule has 40 heavy (non-hydrogen) atoms. The van der Waals surface area contributed by atoms with Gasteiger partial charge in [0.15, 0.2) is 0 Å². The molecule has 0 fully saturated rings. The van der Waals surface area contributed by atoms with Crippen molar-refractivity contribution in [3.05, 3.63) is 89.8 Å². The SMILES string of the molecule is CC(C)(C)OC(=O)C(Cc1ccccc1)C(=O)Nc1ccc(NS(=O)(=O)O)c(-c2csc(-c3ccccc3)n2)c1. The third kappa shape index (κ3) is 7.98.